The maximum Gasteiger partial charge on any atom is 0.164 e. The molecule has 0 saturated carbocycles. The van der Waals surface area contributed by atoms with Crippen molar-refractivity contribution < 1.29 is 0 Å². The van der Waals surface area contributed by atoms with Crippen LogP contribution in [0, 0.1) is 0 Å². The van der Waals surface area contributed by atoms with Crippen LogP contribution in [0.1, 0.15) is 0 Å². The van der Waals surface area contributed by atoms with E-state index in [2.05, 4.69) is 206 Å². The average Bonchev–Trinajstić information content (AvgIpc) is 3.32. The van der Waals surface area contributed by atoms with Crippen LogP contribution in [0.2, 0.25) is 0 Å². The first-order valence-corrected chi connectivity index (χ1v) is 19.6. The topological polar surface area (TPSA) is 38.7 Å². The zero-order valence-electron chi connectivity index (χ0n) is 31.7. The number of aromatic nitrogens is 3. The predicted molar refractivity (Wildman–Crippen MR) is 241 cm³/mol. The molecule has 0 radical (unpaired) electrons. The van der Waals surface area contributed by atoms with Crippen LogP contribution < -0.4 is 0 Å². The molecule has 58 heavy (non-hydrogen) atoms. The Balaban J connectivity index is 1.12. The second kappa shape index (κ2) is 15.4. The average molecular weight is 740 g/mol. The lowest BCUT2D eigenvalue weighted by Gasteiger charge is -2.15. The first kappa shape index (κ1) is 34.7. The first-order chi connectivity index (χ1) is 28.7. The van der Waals surface area contributed by atoms with Crippen LogP contribution in [-0.4, -0.2) is 15.0 Å². The second-order valence-electron chi connectivity index (χ2n) is 14.4. The molecule has 0 fully saturated rings. The van der Waals surface area contributed by atoms with E-state index in [-0.39, 0.29) is 0 Å². The van der Waals surface area contributed by atoms with Gasteiger partial charge in [-0.3, -0.25) is 0 Å². The Bertz CT molecular complexity index is 3020. The van der Waals surface area contributed by atoms with Gasteiger partial charge in [-0.1, -0.05) is 212 Å². The van der Waals surface area contributed by atoms with E-state index in [1.165, 1.54) is 27.5 Å². The summed E-state index contributed by atoms with van der Waals surface area (Å²) in [6.45, 7) is 0. The fraction of sp³-hybridized carbons (Fsp3) is 0. The van der Waals surface area contributed by atoms with E-state index in [4.69, 9.17) is 15.0 Å². The largest absolute Gasteiger partial charge is 0.208 e. The zero-order valence-corrected chi connectivity index (χ0v) is 31.7. The lowest BCUT2D eigenvalue weighted by molar-refractivity contribution is 1.07. The van der Waals surface area contributed by atoms with Crippen LogP contribution in [0.25, 0.3) is 101 Å². The Morgan fingerprint density at radius 1 is 0.207 bits per heavy atom. The highest BCUT2D eigenvalue weighted by Gasteiger charge is 2.18. The molecule has 10 rings (SSSR count). The summed E-state index contributed by atoms with van der Waals surface area (Å²) < 4.78 is 0. The van der Waals surface area contributed by atoms with Crippen molar-refractivity contribution in [2.24, 2.45) is 0 Å². The van der Waals surface area contributed by atoms with Gasteiger partial charge in [0.2, 0.25) is 0 Å². The van der Waals surface area contributed by atoms with Crippen molar-refractivity contribution in [2.45, 2.75) is 0 Å². The smallest absolute Gasteiger partial charge is 0.164 e. The van der Waals surface area contributed by atoms with Gasteiger partial charge in [-0.05, 0) is 78.5 Å². The molecule has 1 heterocycles. The second-order valence-corrected chi connectivity index (χ2v) is 14.4. The van der Waals surface area contributed by atoms with Crippen LogP contribution in [0.4, 0.5) is 0 Å². The predicted octanol–water partition coefficient (Wildman–Crippen LogP) is 14.4. The number of hydrogen-bond donors (Lipinski definition) is 0. The standard InChI is InChI=1S/C55H37N3/c1-4-16-38(17-5-1)39-30-32-43(33-31-39)53-56-54(58-55(57-53)51-28-13-12-27-48(51)40-18-6-2-7-19-40)46-25-14-24-44(36-46)50-35-34-45(37-52(50)42-20-8-3-9-21-42)49-29-15-23-41-22-10-11-26-47(41)49/h1-37H. The van der Waals surface area contributed by atoms with Crippen molar-refractivity contribution in [3.63, 3.8) is 0 Å². The molecular formula is C55H37N3. The van der Waals surface area contributed by atoms with Crippen molar-refractivity contribution in [3.05, 3.63) is 224 Å². The minimum absolute atomic E-state index is 0.616. The van der Waals surface area contributed by atoms with Gasteiger partial charge in [0.05, 0.1) is 0 Å². The van der Waals surface area contributed by atoms with Crippen molar-refractivity contribution in [1.29, 1.82) is 0 Å². The molecule has 0 aliphatic heterocycles. The number of nitrogens with zero attached hydrogens (tertiary/aromatic N) is 3. The molecular weight excluding hydrogens is 703 g/mol. The SMILES string of the molecule is c1ccc(-c2ccc(-c3nc(-c4cccc(-c5ccc(-c6cccc7ccccc67)cc5-c5ccccc5)c4)nc(-c4ccccc4-c4ccccc4)n3)cc2)cc1. The Kier molecular flexibility index (Phi) is 9.23. The van der Waals surface area contributed by atoms with Crippen molar-refractivity contribution in [1.82, 2.24) is 15.0 Å². The Hall–Kier alpha value is -7.75. The zero-order chi connectivity index (χ0) is 38.7. The van der Waals surface area contributed by atoms with E-state index in [0.29, 0.717) is 17.5 Å². The highest BCUT2D eigenvalue weighted by atomic mass is 15.0. The molecule has 272 valence electrons. The minimum atomic E-state index is 0.616. The molecule has 3 nitrogen and oxygen atoms in total. The van der Waals surface area contributed by atoms with Gasteiger partial charge in [0.15, 0.2) is 17.5 Å². The van der Waals surface area contributed by atoms with E-state index in [1.807, 2.05) is 18.2 Å². The van der Waals surface area contributed by atoms with Crippen LogP contribution in [0.5, 0.6) is 0 Å². The van der Waals surface area contributed by atoms with Gasteiger partial charge in [-0.15, -0.1) is 0 Å². The van der Waals surface area contributed by atoms with E-state index in [0.717, 1.165) is 55.6 Å². The molecule has 0 amide bonds. The molecule has 0 unspecified atom stereocenters. The summed E-state index contributed by atoms with van der Waals surface area (Å²) in [5.74, 6) is 1.86. The third kappa shape index (κ3) is 6.87. The highest BCUT2D eigenvalue weighted by molar-refractivity contribution is 5.98. The molecule has 0 aliphatic carbocycles. The van der Waals surface area contributed by atoms with Crippen LogP contribution in [0.15, 0.2) is 224 Å². The molecule has 0 saturated heterocycles. The number of benzene rings is 9. The monoisotopic (exact) mass is 739 g/mol. The normalized spacial score (nSPS) is 11.1. The summed E-state index contributed by atoms with van der Waals surface area (Å²) in [5.41, 5.74) is 14.2. The lowest BCUT2D eigenvalue weighted by Crippen LogP contribution is -2.01. The minimum Gasteiger partial charge on any atom is -0.208 e. The molecule has 0 N–H and O–H groups in total. The lowest BCUT2D eigenvalue weighted by atomic mass is 9.89. The summed E-state index contributed by atoms with van der Waals surface area (Å²) in [5, 5.41) is 2.47. The molecule has 0 atom stereocenters. The van der Waals surface area contributed by atoms with Gasteiger partial charge in [0.25, 0.3) is 0 Å². The van der Waals surface area contributed by atoms with E-state index >= 15 is 0 Å². The first-order valence-electron chi connectivity index (χ1n) is 19.6. The molecule has 0 spiro atoms. The van der Waals surface area contributed by atoms with Gasteiger partial charge in [0, 0.05) is 16.7 Å². The third-order valence-corrected chi connectivity index (χ3v) is 10.8. The van der Waals surface area contributed by atoms with E-state index < -0.39 is 0 Å². The van der Waals surface area contributed by atoms with Crippen molar-refractivity contribution in [3.8, 4) is 89.8 Å². The summed E-state index contributed by atoms with van der Waals surface area (Å²) in [6.07, 6.45) is 0. The quantitative estimate of drug-likeness (QED) is 0.156. The van der Waals surface area contributed by atoms with Gasteiger partial charge in [0.1, 0.15) is 0 Å². The Morgan fingerprint density at radius 2 is 0.638 bits per heavy atom. The Morgan fingerprint density at radius 3 is 1.38 bits per heavy atom. The molecule has 9 aromatic carbocycles. The molecule has 0 bridgehead atoms. The van der Waals surface area contributed by atoms with E-state index in [1.54, 1.807) is 0 Å². The summed E-state index contributed by atoms with van der Waals surface area (Å²) >= 11 is 0. The summed E-state index contributed by atoms with van der Waals surface area (Å²) in [4.78, 5) is 15.6. The van der Waals surface area contributed by atoms with Crippen LogP contribution in [0.3, 0.4) is 0 Å². The van der Waals surface area contributed by atoms with Gasteiger partial charge in [-0.25, -0.2) is 15.0 Å². The maximum atomic E-state index is 5.23. The maximum absolute atomic E-state index is 5.23. The summed E-state index contributed by atoms with van der Waals surface area (Å²) in [6, 6.07) is 78.9. The van der Waals surface area contributed by atoms with Gasteiger partial charge in [-0.2, -0.15) is 0 Å². The highest BCUT2D eigenvalue weighted by Crippen LogP contribution is 2.39. The van der Waals surface area contributed by atoms with Crippen molar-refractivity contribution >= 4 is 10.8 Å². The van der Waals surface area contributed by atoms with Crippen LogP contribution >= 0.6 is 0 Å². The molecule has 3 heteroatoms. The number of fused-ring (bicyclic) bond motifs is 1. The Labute approximate surface area is 338 Å². The van der Waals surface area contributed by atoms with Crippen molar-refractivity contribution in [2.75, 3.05) is 0 Å². The third-order valence-electron chi connectivity index (χ3n) is 10.8. The summed E-state index contributed by atoms with van der Waals surface area (Å²) in [7, 11) is 0. The fourth-order valence-corrected chi connectivity index (χ4v) is 7.87. The van der Waals surface area contributed by atoms with E-state index in [9.17, 15) is 0 Å². The van der Waals surface area contributed by atoms with Gasteiger partial charge < -0.3 is 0 Å². The molecule has 0 aliphatic rings. The van der Waals surface area contributed by atoms with Crippen LogP contribution in [-0.2, 0) is 0 Å². The number of rotatable bonds is 8. The molecule has 10 aromatic rings. The fourth-order valence-electron chi connectivity index (χ4n) is 7.87. The molecule has 1 aromatic heterocycles. The van der Waals surface area contributed by atoms with Gasteiger partial charge >= 0.3 is 0 Å². The number of hydrogen-bond acceptors (Lipinski definition) is 3.